The van der Waals surface area contributed by atoms with E-state index in [0.717, 1.165) is 40.3 Å². The number of halogens is 1. The van der Waals surface area contributed by atoms with E-state index in [1.807, 2.05) is 41.0 Å². The number of carbonyl (C=O) groups excluding carboxylic acids is 1. The van der Waals surface area contributed by atoms with Crippen LogP contribution in [0.4, 0.5) is 0 Å². The number of benzene rings is 1. The number of aromatic nitrogens is 3. The smallest absolute Gasteiger partial charge is 0.221 e. The number of carbonyl (C=O) groups is 1. The van der Waals surface area contributed by atoms with Crippen molar-refractivity contribution in [2.45, 2.75) is 26.8 Å². The van der Waals surface area contributed by atoms with Gasteiger partial charge >= 0.3 is 0 Å². The zero-order chi connectivity index (χ0) is 16.0. The average Bonchev–Trinajstić information content (AvgIpc) is 3.25. The van der Waals surface area contributed by atoms with Gasteiger partial charge in [0.15, 0.2) is 0 Å². The fourth-order valence-corrected chi connectivity index (χ4v) is 3.81. The van der Waals surface area contributed by atoms with Gasteiger partial charge in [-0.15, -0.1) is 28.3 Å². The maximum atomic E-state index is 13.0. The van der Waals surface area contributed by atoms with Crippen LogP contribution >= 0.6 is 28.3 Å². The molecule has 0 atom stereocenters. The van der Waals surface area contributed by atoms with E-state index in [9.17, 15) is 4.79 Å². The number of thiophene rings is 1. The van der Waals surface area contributed by atoms with Crippen molar-refractivity contribution in [2.75, 3.05) is 0 Å². The Balaban J connectivity index is 0.00000169. The monoisotopic (exact) mass is 403 g/mol. The molecule has 0 saturated carbocycles. The van der Waals surface area contributed by atoms with Gasteiger partial charge in [0, 0.05) is 6.54 Å². The third-order valence-corrected chi connectivity index (χ3v) is 4.96. The van der Waals surface area contributed by atoms with Gasteiger partial charge in [0.1, 0.15) is 5.69 Å². The van der Waals surface area contributed by atoms with Crippen LogP contribution in [0.25, 0.3) is 16.8 Å². The van der Waals surface area contributed by atoms with Crippen molar-refractivity contribution in [3.8, 4) is 0 Å². The number of rotatable bonds is 4. The van der Waals surface area contributed by atoms with Crippen molar-refractivity contribution in [3.05, 3.63) is 58.0 Å². The summed E-state index contributed by atoms with van der Waals surface area (Å²) in [5, 5.41) is 1.93. The van der Waals surface area contributed by atoms with Crippen molar-refractivity contribution in [1.29, 1.82) is 0 Å². The molecule has 4 nitrogen and oxygen atoms in total. The summed E-state index contributed by atoms with van der Waals surface area (Å²) in [4.78, 5) is 18.4. The van der Waals surface area contributed by atoms with Crippen LogP contribution < -0.4 is 0 Å². The molecule has 0 unspecified atom stereocenters. The SMILES string of the molecule is Br.CCCn1c2ccccc2n2c(C(=O)c3cccs3)c(C)nc12. The number of nitrogens with zero attached hydrogens (tertiary/aromatic N) is 3. The number of fused-ring (bicyclic) bond motifs is 3. The molecule has 124 valence electrons. The third kappa shape index (κ3) is 2.41. The number of hydrogen-bond acceptors (Lipinski definition) is 3. The van der Waals surface area contributed by atoms with Gasteiger partial charge in [0.05, 0.1) is 21.6 Å². The standard InChI is InChI=1S/C18H17N3OS.BrH/c1-3-10-20-13-7-4-5-8-14(13)21-16(12(2)19-18(20)21)17(22)15-9-6-11-23-15;/h4-9,11H,3,10H2,1-2H3;1H. The number of imidazole rings is 2. The summed E-state index contributed by atoms with van der Waals surface area (Å²) >= 11 is 1.47. The Morgan fingerprint density at radius 3 is 2.58 bits per heavy atom. The van der Waals surface area contributed by atoms with Crippen molar-refractivity contribution < 1.29 is 4.79 Å². The van der Waals surface area contributed by atoms with Crippen LogP contribution in [0.15, 0.2) is 41.8 Å². The lowest BCUT2D eigenvalue weighted by atomic mass is 10.2. The molecule has 6 heteroatoms. The Bertz CT molecular complexity index is 1010. The Labute approximate surface area is 154 Å². The molecular weight excluding hydrogens is 386 g/mol. The number of ketones is 1. The lowest BCUT2D eigenvalue weighted by Gasteiger charge is -2.01. The van der Waals surface area contributed by atoms with Crippen LogP contribution in [0.3, 0.4) is 0 Å². The molecule has 1 aromatic carbocycles. The molecule has 24 heavy (non-hydrogen) atoms. The molecule has 4 rings (SSSR count). The Morgan fingerprint density at radius 2 is 1.92 bits per heavy atom. The molecule has 0 radical (unpaired) electrons. The summed E-state index contributed by atoms with van der Waals surface area (Å²) in [5.41, 5.74) is 3.62. The van der Waals surface area contributed by atoms with Gasteiger partial charge in [0.25, 0.3) is 0 Å². The molecule has 0 aliphatic rings. The fraction of sp³-hybridized carbons (Fsp3) is 0.222. The number of aryl methyl sites for hydroxylation is 2. The van der Waals surface area contributed by atoms with Gasteiger partial charge < -0.3 is 4.57 Å². The number of hydrogen-bond donors (Lipinski definition) is 0. The highest BCUT2D eigenvalue weighted by atomic mass is 79.9. The molecular formula is C18H18BrN3OS. The van der Waals surface area contributed by atoms with E-state index in [2.05, 4.69) is 23.6 Å². The van der Waals surface area contributed by atoms with E-state index >= 15 is 0 Å². The molecule has 0 aliphatic heterocycles. The fourth-order valence-electron chi connectivity index (χ4n) is 3.15. The first-order valence-electron chi connectivity index (χ1n) is 7.77. The van der Waals surface area contributed by atoms with Crippen LogP contribution in [-0.2, 0) is 6.54 Å². The van der Waals surface area contributed by atoms with Crippen molar-refractivity contribution >= 4 is 50.9 Å². The Kier molecular flexibility index (Phi) is 4.60. The summed E-state index contributed by atoms with van der Waals surface area (Å²) in [6, 6.07) is 12.0. The Hall–Kier alpha value is -1.92. The van der Waals surface area contributed by atoms with Crippen LogP contribution in [0, 0.1) is 6.92 Å². The molecule has 0 amide bonds. The second-order valence-electron chi connectivity index (χ2n) is 5.63. The van der Waals surface area contributed by atoms with Gasteiger partial charge in [-0.05, 0) is 36.9 Å². The van der Waals surface area contributed by atoms with Gasteiger partial charge in [-0.3, -0.25) is 9.20 Å². The predicted octanol–water partition coefficient (Wildman–Crippen LogP) is 4.88. The highest BCUT2D eigenvalue weighted by molar-refractivity contribution is 8.93. The summed E-state index contributed by atoms with van der Waals surface area (Å²) in [6.07, 6.45) is 1.02. The lowest BCUT2D eigenvalue weighted by molar-refractivity contribution is 0.103. The molecule has 0 aliphatic carbocycles. The highest BCUT2D eigenvalue weighted by Gasteiger charge is 2.23. The molecule has 0 spiro atoms. The van der Waals surface area contributed by atoms with Gasteiger partial charge in [-0.2, -0.15) is 0 Å². The largest absolute Gasteiger partial charge is 0.310 e. The van der Waals surface area contributed by atoms with E-state index in [1.165, 1.54) is 11.3 Å². The molecule has 0 fully saturated rings. The maximum Gasteiger partial charge on any atom is 0.221 e. The maximum absolute atomic E-state index is 13.0. The molecule has 0 bridgehead atoms. The summed E-state index contributed by atoms with van der Waals surface area (Å²) in [6.45, 7) is 4.96. The Morgan fingerprint density at radius 1 is 1.17 bits per heavy atom. The quantitative estimate of drug-likeness (QED) is 0.455. The van der Waals surface area contributed by atoms with Crippen LogP contribution in [0.5, 0.6) is 0 Å². The zero-order valence-corrected chi connectivity index (χ0v) is 16.1. The van der Waals surface area contributed by atoms with Crippen LogP contribution in [0.2, 0.25) is 0 Å². The van der Waals surface area contributed by atoms with Crippen molar-refractivity contribution in [1.82, 2.24) is 14.0 Å². The minimum atomic E-state index is 0. The average molecular weight is 404 g/mol. The second-order valence-corrected chi connectivity index (χ2v) is 6.58. The normalized spacial score (nSPS) is 11.1. The van der Waals surface area contributed by atoms with Crippen molar-refractivity contribution in [3.63, 3.8) is 0 Å². The van der Waals surface area contributed by atoms with Crippen LogP contribution in [0.1, 0.15) is 34.4 Å². The molecule has 0 saturated heterocycles. The molecule has 3 heterocycles. The topological polar surface area (TPSA) is 39.3 Å². The van der Waals surface area contributed by atoms with Crippen LogP contribution in [-0.4, -0.2) is 19.7 Å². The molecule has 0 N–H and O–H groups in total. The minimum absolute atomic E-state index is 0. The minimum Gasteiger partial charge on any atom is -0.310 e. The third-order valence-electron chi connectivity index (χ3n) is 4.10. The lowest BCUT2D eigenvalue weighted by Crippen LogP contribution is -2.04. The van der Waals surface area contributed by atoms with Gasteiger partial charge in [0.2, 0.25) is 11.6 Å². The second kappa shape index (κ2) is 6.53. The zero-order valence-electron chi connectivity index (χ0n) is 13.5. The predicted molar refractivity (Wildman–Crippen MR) is 104 cm³/mol. The van der Waals surface area contributed by atoms with E-state index in [-0.39, 0.29) is 22.8 Å². The molecule has 4 aromatic rings. The molecule has 3 aromatic heterocycles. The number of para-hydroxylation sites is 2. The van der Waals surface area contributed by atoms with E-state index in [1.54, 1.807) is 0 Å². The van der Waals surface area contributed by atoms with Gasteiger partial charge in [-0.1, -0.05) is 25.1 Å². The first-order chi connectivity index (χ1) is 11.2. The first kappa shape index (κ1) is 16.9. The van der Waals surface area contributed by atoms with E-state index in [4.69, 9.17) is 4.98 Å². The highest BCUT2D eigenvalue weighted by Crippen LogP contribution is 2.27. The van der Waals surface area contributed by atoms with E-state index < -0.39 is 0 Å². The summed E-state index contributed by atoms with van der Waals surface area (Å²) < 4.78 is 4.22. The van der Waals surface area contributed by atoms with E-state index in [0.29, 0.717) is 5.69 Å². The summed E-state index contributed by atoms with van der Waals surface area (Å²) in [7, 11) is 0. The first-order valence-corrected chi connectivity index (χ1v) is 8.64. The van der Waals surface area contributed by atoms with Crippen molar-refractivity contribution in [2.24, 2.45) is 0 Å². The summed E-state index contributed by atoms with van der Waals surface area (Å²) in [5.74, 6) is 0.898. The van der Waals surface area contributed by atoms with Gasteiger partial charge in [-0.25, -0.2) is 4.98 Å².